The van der Waals surface area contributed by atoms with Crippen LogP contribution >= 0.6 is 15.9 Å². The number of methoxy groups -OCH3 is 1. The summed E-state index contributed by atoms with van der Waals surface area (Å²) in [5, 5.41) is 3.38. The first-order valence-electron chi connectivity index (χ1n) is 6.71. The molecule has 21 heavy (non-hydrogen) atoms. The second-order valence-corrected chi connectivity index (χ2v) is 5.63. The first kappa shape index (κ1) is 14.1. The van der Waals surface area contributed by atoms with Gasteiger partial charge in [-0.1, -0.05) is 22.0 Å². The minimum absolute atomic E-state index is 0.604. The van der Waals surface area contributed by atoms with Crippen LogP contribution in [0.1, 0.15) is 5.56 Å². The van der Waals surface area contributed by atoms with E-state index in [2.05, 4.69) is 21.2 Å². The van der Waals surface area contributed by atoms with Gasteiger partial charge >= 0.3 is 0 Å². The zero-order valence-electron chi connectivity index (χ0n) is 11.7. The minimum Gasteiger partial charge on any atom is -0.497 e. The molecular formula is C16H16BrNO3. The Balaban J connectivity index is 1.71. The zero-order chi connectivity index (χ0) is 14.7. The molecular weight excluding hydrogens is 334 g/mol. The van der Waals surface area contributed by atoms with Crippen molar-refractivity contribution in [3.63, 3.8) is 0 Å². The van der Waals surface area contributed by atoms with Gasteiger partial charge in [-0.2, -0.15) is 0 Å². The Kier molecular flexibility index (Phi) is 4.20. The molecule has 1 heterocycles. The summed E-state index contributed by atoms with van der Waals surface area (Å²) in [6.45, 7) is 1.92. The van der Waals surface area contributed by atoms with Gasteiger partial charge in [0.1, 0.15) is 19.0 Å². The van der Waals surface area contributed by atoms with Crippen molar-refractivity contribution in [3.8, 4) is 17.2 Å². The smallest absolute Gasteiger partial charge is 0.161 e. The van der Waals surface area contributed by atoms with E-state index in [-0.39, 0.29) is 0 Å². The molecule has 2 aromatic carbocycles. The molecule has 1 aliphatic heterocycles. The quantitative estimate of drug-likeness (QED) is 0.910. The fourth-order valence-corrected chi connectivity index (χ4v) is 2.66. The highest BCUT2D eigenvalue weighted by atomic mass is 79.9. The molecule has 0 atom stereocenters. The van der Waals surface area contributed by atoms with Gasteiger partial charge in [0, 0.05) is 22.8 Å². The van der Waals surface area contributed by atoms with Crippen LogP contribution in [0.3, 0.4) is 0 Å². The first-order chi connectivity index (χ1) is 10.2. The number of benzene rings is 2. The summed E-state index contributed by atoms with van der Waals surface area (Å²) < 4.78 is 17.3. The van der Waals surface area contributed by atoms with Crippen LogP contribution in [0, 0.1) is 0 Å². The third-order valence-electron chi connectivity index (χ3n) is 3.21. The van der Waals surface area contributed by atoms with Crippen LogP contribution in [0.2, 0.25) is 0 Å². The van der Waals surface area contributed by atoms with Crippen molar-refractivity contribution in [3.05, 3.63) is 46.4 Å². The lowest BCUT2D eigenvalue weighted by Gasteiger charge is -2.19. The molecule has 0 spiro atoms. The summed E-state index contributed by atoms with van der Waals surface area (Å²) >= 11 is 3.47. The first-order valence-corrected chi connectivity index (χ1v) is 7.51. The summed E-state index contributed by atoms with van der Waals surface area (Å²) in [6, 6.07) is 11.9. The van der Waals surface area contributed by atoms with Crippen molar-refractivity contribution in [2.45, 2.75) is 6.54 Å². The Bertz CT molecular complexity index is 645. The summed E-state index contributed by atoms with van der Waals surface area (Å²) in [4.78, 5) is 0. The molecule has 2 aromatic rings. The second-order valence-electron chi connectivity index (χ2n) is 4.71. The predicted molar refractivity (Wildman–Crippen MR) is 85.5 cm³/mol. The highest BCUT2D eigenvalue weighted by Gasteiger charge is 2.11. The maximum atomic E-state index is 5.59. The fraction of sp³-hybridized carbons (Fsp3) is 0.250. The van der Waals surface area contributed by atoms with E-state index in [4.69, 9.17) is 14.2 Å². The number of hydrogen-bond acceptors (Lipinski definition) is 4. The van der Waals surface area contributed by atoms with Gasteiger partial charge < -0.3 is 19.5 Å². The number of anilines is 1. The summed E-state index contributed by atoms with van der Waals surface area (Å²) in [5.74, 6) is 2.44. The van der Waals surface area contributed by atoms with Gasteiger partial charge in [0.2, 0.25) is 0 Å². The molecule has 0 amide bonds. The van der Waals surface area contributed by atoms with Crippen molar-refractivity contribution >= 4 is 21.6 Å². The standard InChI is InChI=1S/C16H16BrNO3/c1-19-14-8-12(17)7-13(9-14)18-10-11-2-3-15-16(6-11)21-5-4-20-15/h2-3,6-9,18H,4-5,10H2,1H3. The lowest BCUT2D eigenvalue weighted by molar-refractivity contribution is 0.171. The van der Waals surface area contributed by atoms with Crippen LogP contribution in [0.4, 0.5) is 5.69 Å². The molecule has 0 bridgehead atoms. The van der Waals surface area contributed by atoms with Crippen LogP contribution in [-0.2, 0) is 6.54 Å². The minimum atomic E-state index is 0.604. The molecule has 0 fully saturated rings. The summed E-state index contributed by atoms with van der Waals surface area (Å²) in [5.41, 5.74) is 2.13. The predicted octanol–water partition coefficient (Wildman–Crippen LogP) is 3.84. The van der Waals surface area contributed by atoms with E-state index in [0.29, 0.717) is 19.8 Å². The van der Waals surface area contributed by atoms with Gasteiger partial charge in [-0.3, -0.25) is 0 Å². The molecule has 0 saturated heterocycles. The lowest BCUT2D eigenvalue weighted by Crippen LogP contribution is -2.15. The number of halogens is 1. The normalized spacial score (nSPS) is 12.9. The number of hydrogen-bond donors (Lipinski definition) is 1. The Hall–Kier alpha value is -1.88. The topological polar surface area (TPSA) is 39.7 Å². The van der Waals surface area contributed by atoms with Crippen LogP contribution in [0.25, 0.3) is 0 Å². The molecule has 0 unspecified atom stereocenters. The third kappa shape index (κ3) is 3.42. The van der Waals surface area contributed by atoms with Crippen molar-refractivity contribution in [2.24, 2.45) is 0 Å². The Labute approximate surface area is 132 Å². The van der Waals surface area contributed by atoms with E-state index in [1.54, 1.807) is 7.11 Å². The van der Waals surface area contributed by atoms with Gasteiger partial charge in [0.25, 0.3) is 0 Å². The summed E-state index contributed by atoms with van der Waals surface area (Å²) in [7, 11) is 1.66. The van der Waals surface area contributed by atoms with E-state index in [1.807, 2.05) is 36.4 Å². The Morgan fingerprint density at radius 2 is 1.90 bits per heavy atom. The highest BCUT2D eigenvalue weighted by molar-refractivity contribution is 9.10. The molecule has 0 radical (unpaired) electrons. The van der Waals surface area contributed by atoms with Gasteiger partial charge in [-0.25, -0.2) is 0 Å². The van der Waals surface area contributed by atoms with E-state index >= 15 is 0 Å². The zero-order valence-corrected chi connectivity index (χ0v) is 13.3. The van der Waals surface area contributed by atoms with Crippen molar-refractivity contribution < 1.29 is 14.2 Å². The maximum Gasteiger partial charge on any atom is 0.161 e. The average molecular weight is 350 g/mol. The third-order valence-corrected chi connectivity index (χ3v) is 3.67. The molecule has 4 nitrogen and oxygen atoms in total. The lowest BCUT2D eigenvalue weighted by atomic mass is 10.2. The number of rotatable bonds is 4. The van der Waals surface area contributed by atoms with Crippen LogP contribution in [-0.4, -0.2) is 20.3 Å². The molecule has 1 aliphatic rings. The highest BCUT2D eigenvalue weighted by Crippen LogP contribution is 2.31. The van der Waals surface area contributed by atoms with E-state index in [1.165, 1.54) is 0 Å². The largest absolute Gasteiger partial charge is 0.497 e. The van der Waals surface area contributed by atoms with Crippen molar-refractivity contribution in [1.82, 2.24) is 0 Å². The van der Waals surface area contributed by atoms with E-state index < -0.39 is 0 Å². The number of ether oxygens (including phenoxy) is 3. The molecule has 1 N–H and O–H groups in total. The van der Waals surface area contributed by atoms with Gasteiger partial charge in [-0.05, 0) is 29.8 Å². The average Bonchev–Trinajstić information content (AvgIpc) is 2.52. The van der Waals surface area contributed by atoms with E-state index in [0.717, 1.165) is 33.0 Å². The number of nitrogens with one attached hydrogen (secondary N) is 1. The molecule has 0 aromatic heterocycles. The monoisotopic (exact) mass is 349 g/mol. The second kappa shape index (κ2) is 6.26. The van der Waals surface area contributed by atoms with Crippen LogP contribution in [0.5, 0.6) is 17.2 Å². The van der Waals surface area contributed by atoms with E-state index in [9.17, 15) is 0 Å². The summed E-state index contributed by atoms with van der Waals surface area (Å²) in [6.07, 6.45) is 0. The molecule has 0 saturated carbocycles. The number of fused-ring (bicyclic) bond motifs is 1. The Morgan fingerprint density at radius 3 is 2.71 bits per heavy atom. The molecule has 110 valence electrons. The van der Waals surface area contributed by atoms with Gasteiger partial charge in [-0.15, -0.1) is 0 Å². The molecule has 3 rings (SSSR count). The SMILES string of the molecule is COc1cc(Br)cc(NCc2ccc3c(c2)OCCO3)c1. The molecule has 5 heteroatoms. The van der Waals surface area contributed by atoms with Crippen molar-refractivity contribution in [1.29, 1.82) is 0 Å². The molecule has 0 aliphatic carbocycles. The Morgan fingerprint density at radius 1 is 1.10 bits per heavy atom. The van der Waals surface area contributed by atoms with Crippen molar-refractivity contribution in [2.75, 3.05) is 25.6 Å². The van der Waals surface area contributed by atoms with Crippen LogP contribution in [0.15, 0.2) is 40.9 Å². The van der Waals surface area contributed by atoms with Gasteiger partial charge in [0.05, 0.1) is 7.11 Å². The maximum absolute atomic E-state index is 5.59. The van der Waals surface area contributed by atoms with Gasteiger partial charge in [0.15, 0.2) is 11.5 Å². The van der Waals surface area contributed by atoms with Crippen LogP contribution < -0.4 is 19.5 Å². The fourth-order valence-electron chi connectivity index (χ4n) is 2.18.